The summed E-state index contributed by atoms with van der Waals surface area (Å²) in [5, 5.41) is 0. The Kier molecular flexibility index (Phi) is 9.17. The van der Waals surface area contributed by atoms with E-state index >= 15 is 0 Å². The van der Waals surface area contributed by atoms with E-state index in [0.717, 1.165) is 61.9 Å². The Morgan fingerprint density at radius 3 is 1.94 bits per heavy atom. The molecule has 0 unspecified atom stereocenters. The van der Waals surface area contributed by atoms with E-state index < -0.39 is 0 Å². The van der Waals surface area contributed by atoms with Crippen LogP contribution < -0.4 is 25.9 Å². The summed E-state index contributed by atoms with van der Waals surface area (Å²) in [5.74, 6) is 3.34. The minimum absolute atomic E-state index is 0. The van der Waals surface area contributed by atoms with Gasteiger partial charge in [-0.05, 0) is 77.3 Å². The maximum absolute atomic E-state index is 6.53. The second kappa shape index (κ2) is 13.2. The molecule has 4 heterocycles. The van der Waals surface area contributed by atoms with Crippen LogP contribution in [0, 0.1) is 39.8 Å². The molecule has 0 aliphatic carbocycles. The van der Waals surface area contributed by atoms with E-state index in [-0.39, 0.29) is 32.2 Å². The van der Waals surface area contributed by atoms with Gasteiger partial charge in [0.15, 0.2) is 0 Å². The first-order valence-corrected chi connectivity index (χ1v) is 16.1. The molecule has 4 nitrogen and oxygen atoms in total. The number of hydrogen-bond donors (Lipinski definition) is 0. The van der Waals surface area contributed by atoms with Crippen LogP contribution in [0.2, 0.25) is 0 Å². The topological polar surface area (TPSA) is 44.2 Å². The summed E-state index contributed by atoms with van der Waals surface area (Å²) in [6, 6.07) is 35.6. The molecule has 0 saturated carbocycles. The van der Waals surface area contributed by atoms with Crippen molar-refractivity contribution in [2.24, 2.45) is 0 Å². The summed E-state index contributed by atoms with van der Waals surface area (Å²) in [6.07, 6.45) is 3.87. The Bertz CT molecular complexity index is 2130. The third-order valence-corrected chi connectivity index (χ3v) is 9.05. The van der Waals surface area contributed by atoms with Crippen LogP contribution in [0.1, 0.15) is 48.6 Å². The van der Waals surface area contributed by atoms with Crippen molar-refractivity contribution in [2.45, 2.75) is 53.9 Å². The van der Waals surface area contributed by atoms with E-state index in [0.29, 0.717) is 0 Å². The molecule has 48 heavy (non-hydrogen) atoms. The predicted octanol–water partition coefficient (Wildman–Crippen LogP) is 8.35. The van der Waals surface area contributed by atoms with Crippen LogP contribution in [-0.2, 0) is 25.5 Å². The van der Waals surface area contributed by atoms with Crippen LogP contribution in [0.4, 0.5) is 0 Å². The van der Waals surface area contributed by atoms with E-state index in [1.54, 1.807) is 0 Å². The van der Waals surface area contributed by atoms with Crippen molar-refractivity contribution in [1.29, 1.82) is 0 Å². The van der Waals surface area contributed by atoms with Gasteiger partial charge in [0.25, 0.3) is 0 Å². The molecule has 6 aromatic rings. The van der Waals surface area contributed by atoms with Crippen molar-refractivity contribution in [3.63, 3.8) is 0 Å². The van der Waals surface area contributed by atoms with Crippen LogP contribution in [0.5, 0.6) is 23.0 Å². The van der Waals surface area contributed by atoms with Crippen LogP contribution in [0.15, 0.2) is 97.3 Å². The van der Waals surface area contributed by atoms with Gasteiger partial charge in [-0.2, -0.15) is 0 Å². The largest absolute Gasteiger partial charge is 0.503 e. The Morgan fingerprint density at radius 2 is 1.29 bits per heavy atom. The number of nitrogens with zero attached hydrogens (tertiary/aromatic N) is 2. The molecule has 0 bridgehead atoms. The van der Waals surface area contributed by atoms with Gasteiger partial charge in [0, 0.05) is 44.0 Å². The fourth-order valence-electron chi connectivity index (χ4n) is 6.41. The number of rotatable bonds is 2. The zero-order valence-electron chi connectivity index (χ0n) is 28.4. The number of fused-ring (bicyclic) bond motifs is 4. The van der Waals surface area contributed by atoms with Gasteiger partial charge in [0.2, 0.25) is 6.71 Å². The van der Waals surface area contributed by atoms with Crippen LogP contribution in [0.3, 0.4) is 0 Å². The van der Waals surface area contributed by atoms with Gasteiger partial charge in [-0.1, -0.05) is 92.8 Å². The van der Waals surface area contributed by atoms with Crippen LogP contribution in [0.25, 0.3) is 22.5 Å². The number of hydrogen-bond acceptors (Lipinski definition) is 4. The number of para-hydroxylation sites is 2. The first-order valence-electron chi connectivity index (χ1n) is 16.1. The van der Waals surface area contributed by atoms with Gasteiger partial charge in [0.05, 0.1) is 0 Å². The smallest absolute Gasteiger partial charge is 0.239 e. The maximum Gasteiger partial charge on any atom is 0.239 e. The SMILES string of the molecule is Cc1c[c-]c(-c2cc(C)c(C)cn2)cc1.Cc1cnc(-c2[c-]cc3c4c2Oc2ccccc2B4c2ccccc2O3)cc1C(C)(C)C.[Ir]. The van der Waals surface area contributed by atoms with Gasteiger partial charge < -0.3 is 19.4 Å². The molecular weight excluding hydrogens is 768 g/mol. The summed E-state index contributed by atoms with van der Waals surface area (Å²) in [6.45, 7) is 15.1. The van der Waals surface area contributed by atoms with E-state index in [1.807, 2.05) is 48.8 Å². The molecule has 8 rings (SSSR count). The summed E-state index contributed by atoms with van der Waals surface area (Å²) < 4.78 is 12.8. The standard InChI is InChI=1S/C28H23BNO2.C14H14N.Ir/c1-17-16-30-22(15-19(17)28(2,3)4)18-13-14-25-26-27(18)32-24-12-8-6-10-21(24)29(26)20-9-5-7-11-23(20)31-25;1-10-4-6-13(7-5-10)14-8-11(2)12(3)9-15-14;/h5-12,14-16H,1-4H3;4-6,8-9H,1-3H3;/q2*-1;. The number of ether oxygens (including phenoxy) is 2. The van der Waals surface area contributed by atoms with E-state index in [9.17, 15) is 0 Å². The first-order chi connectivity index (χ1) is 22.6. The molecule has 0 amide bonds. The van der Waals surface area contributed by atoms with E-state index in [2.05, 4.69) is 114 Å². The minimum atomic E-state index is 0. The van der Waals surface area contributed by atoms with Gasteiger partial charge in [-0.3, -0.25) is 0 Å². The van der Waals surface area contributed by atoms with Crippen molar-refractivity contribution < 1.29 is 29.6 Å². The first kappa shape index (κ1) is 33.4. The van der Waals surface area contributed by atoms with Crippen molar-refractivity contribution in [3.05, 3.63) is 137 Å². The molecule has 2 aliphatic heterocycles. The second-order valence-corrected chi connectivity index (χ2v) is 13.6. The molecule has 2 aliphatic rings. The molecule has 0 saturated heterocycles. The molecular formula is C42H37BIrN2O2-2. The summed E-state index contributed by atoms with van der Waals surface area (Å²) in [5.41, 5.74) is 13.4. The zero-order chi connectivity index (χ0) is 32.9. The van der Waals surface area contributed by atoms with E-state index in [1.165, 1.54) is 27.8 Å². The quantitative estimate of drug-likeness (QED) is 0.130. The van der Waals surface area contributed by atoms with E-state index in [4.69, 9.17) is 14.5 Å². The Labute approximate surface area is 298 Å². The van der Waals surface area contributed by atoms with Crippen molar-refractivity contribution in [1.82, 2.24) is 9.97 Å². The monoisotopic (exact) mass is 805 g/mol. The molecule has 2 aromatic heterocycles. The van der Waals surface area contributed by atoms with Gasteiger partial charge in [-0.25, -0.2) is 0 Å². The normalized spacial score (nSPS) is 12.2. The van der Waals surface area contributed by atoms with Gasteiger partial charge in [-0.15, -0.1) is 47.5 Å². The summed E-state index contributed by atoms with van der Waals surface area (Å²) in [4.78, 5) is 9.19. The fourth-order valence-corrected chi connectivity index (χ4v) is 6.41. The molecule has 0 atom stereocenters. The Morgan fingerprint density at radius 1 is 0.646 bits per heavy atom. The molecule has 0 N–H and O–H groups in total. The predicted molar refractivity (Wildman–Crippen MR) is 192 cm³/mol. The molecule has 6 heteroatoms. The fraction of sp³-hybridized carbons (Fsp3) is 0.190. The van der Waals surface area contributed by atoms with Crippen LogP contribution in [-0.4, -0.2) is 16.7 Å². The van der Waals surface area contributed by atoms with Gasteiger partial charge in [0.1, 0.15) is 11.5 Å². The van der Waals surface area contributed by atoms with Crippen LogP contribution >= 0.6 is 0 Å². The minimum Gasteiger partial charge on any atom is -0.503 e. The summed E-state index contributed by atoms with van der Waals surface area (Å²) in [7, 11) is 0. The third-order valence-electron chi connectivity index (χ3n) is 9.05. The third kappa shape index (κ3) is 6.23. The number of aromatic nitrogens is 2. The van der Waals surface area contributed by atoms with Gasteiger partial charge >= 0.3 is 0 Å². The molecule has 0 spiro atoms. The molecule has 0 fully saturated rings. The molecule has 4 aromatic carbocycles. The number of aryl methyl sites for hydroxylation is 4. The average Bonchev–Trinajstić information content (AvgIpc) is 3.06. The Balaban J connectivity index is 0.000000212. The number of benzene rings is 4. The molecule has 241 valence electrons. The maximum atomic E-state index is 6.53. The van der Waals surface area contributed by atoms with Crippen molar-refractivity contribution in [3.8, 4) is 45.5 Å². The Hall–Kier alpha value is -4.51. The summed E-state index contributed by atoms with van der Waals surface area (Å²) >= 11 is 0. The molecule has 1 radical (unpaired) electrons. The number of pyridine rings is 2. The second-order valence-electron chi connectivity index (χ2n) is 13.6. The zero-order valence-corrected chi connectivity index (χ0v) is 30.8. The average molecular weight is 805 g/mol. The van der Waals surface area contributed by atoms with Crippen molar-refractivity contribution in [2.75, 3.05) is 0 Å². The van der Waals surface area contributed by atoms with Crippen molar-refractivity contribution >= 4 is 23.1 Å².